The highest BCUT2D eigenvalue weighted by atomic mass is 16.5. The lowest BCUT2D eigenvalue weighted by atomic mass is 9.97. The average molecular weight is 298 g/mol. The topological polar surface area (TPSA) is 76.1 Å². The summed E-state index contributed by atoms with van der Waals surface area (Å²) in [4.78, 5) is 18.9. The summed E-state index contributed by atoms with van der Waals surface area (Å²) in [6, 6.07) is 2.23. The number of nitrogens with one attached hydrogen (secondary N) is 1. The summed E-state index contributed by atoms with van der Waals surface area (Å²) in [5, 5.41) is 3.40. The standard InChI is InChI=1S/C15H18N6O/c1-3-17-11-19-14(1)21-6-2-15(10-21)7-12(9-22-15)20-13-8-16-4-5-18-13/h1,3-5,8,11-12H,2,6-7,9-10H2,(H,18,20)/t12-,15+/m1/s1. The van der Waals surface area contributed by atoms with Gasteiger partial charge in [-0.25, -0.2) is 15.0 Å². The number of anilines is 2. The van der Waals surface area contributed by atoms with Gasteiger partial charge in [0.15, 0.2) is 0 Å². The number of aromatic nitrogens is 4. The highest BCUT2D eigenvalue weighted by molar-refractivity contribution is 5.40. The van der Waals surface area contributed by atoms with Gasteiger partial charge >= 0.3 is 0 Å². The van der Waals surface area contributed by atoms with Gasteiger partial charge in [0, 0.05) is 38.1 Å². The summed E-state index contributed by atoms with van der Waals surface area (Å²) < 4.78 is 6.14. The van der Waals surface area contributed by atoms with E-state index in [4.69, 9.17) is 4.74 Å². The highest BCUT2D eigenvalue weighted by Gasteiger charge is 2.45. The van der Waals surface area contributed by atoms with E-state index in [1.54, 1.807) is 31.1 Å². The molecule has 7 nitrogen and oxygen atoms in total. The molecule has 0 unspecified atom stereocenters. The fourth-order valence-corrected chi connectivity index (χ4v) is 3.32. The van der Waals surface area contributed by atoms with Gasteiger partial charge in [-0.15, -0.1) is 0 Å². The van der Waals surface area contributed by atoms with Crippen LogP contribution in [0.25, 0.3) is 0 Å². The molecule has 0 radical (unpaired) electrons. The average Bonchev–Trinajstić information content (AvgIpc) is 3.17. The smallest absolute Gasteiger partial charge is 0.144 e. The summed E-state index contributed by atoms with van der Waals surface area (Å²) >= 11 is 0. The van der Waals surface area contributed by atoms with Crippen LogP contribution >= 0.6 is 0 Å². The van der Waals surface area contributed by atoms with Gasteiger partial charge in [0.1, 0.15) is 18.0 Å². The lowest BCUT2D eigenvalue weighted by Crippen LogP contribution is -2.33. The van der Waals surface area contributed by atoms with E-state index in [0.29, 0.717) is 6.61 Å². The summed E-state index contributed by atoms with van der Waals surface area (Å²) in [6.45, 7) is 2.55. The van der Waals surface area contributed by atoms with E-state index in [-0.39, 0.29) is 11.6 Å². The molecule has 1 spiro atoms. The lowest BCUT2D eigenvalue weighted by molar-refractivity contribution is 0.0228. The fraction of sp³-hybridized carbons (Fsp3) is 0.467. The van der Waals surface area contributed by atoms with E-state index < -0.39 is 0 Å². The van der Waals surface area contributed by atoms with Crippen LogP contribution in [-0.4, -0.2) is 51.3 Å². The molecule has 0 aliphatic carbocycles. The van der Waals surface area contributed by atoms with Gasteiger partial charge in [-0.3, -0.25) is 4.98 Å². The predicted octanol–water partition coefficient (Wildman–Crippen LogP) is 1.12. The fourth-order valence-electron chi connectivity index (χ4n) is 3.32. The molecule has 2 aromatic heterocycles. The number of rotatable bonds is 3. The van der Waals surface area contributed by atoms with Crippen molar-refractivity contribution in [2.24, 2.45) is 0 Å². The molecule has 0 aromatic carbocycles. The Kier molecular flexibility index (Phi) is 3.34. The van der Waals surface area contributed by atoms with E-state index in [0.717, 1.165) is 37.6 Å². The van der Waals surface area contributed by atoms with Gasteiger partial charge in [0.05, 0.1) is 24.4 Å². The van der Waals surface area contributed by atoms with Crippen molar-refractivity contribution in [2.75, 3.05) is 29.9 Å². The molecule has 2 aromatic rings. The first-order valence-electron chi connectivity index (χ1n) is 7.51. The van der Waals surface area contributed by atoms with Gasteiger partial charge < -0.3 is 15.0 Å². The Labute approximate surface area is 128 Å². The molecule has 0 saturated carbocycles. The third-order valence-electron chi connectivity index (χ3n) is 4.33. The van der Waals surface area contributed by atoms with Crippen LogP contribution in [0.2, 0.25) is 0 Å². The molecule has 2 fully saturated rings. The van der Waals surface area contributed by atoms with E-state index in [1.807, 2.05) is 6.07 Å². The number of hydrogen-bond donors (Lipinski definition) is 1. The molecule has 2 atom stereocenters. The summed E-state index contributed by atoms with van der Waals surface area (Å²) in [5.74, 6) is 1.78. The van der Waals surface area contributed by atoms with Crippen LogP contribution in [0.15, 0.2) is 37.2 Å². The van der Waals surface area contributed by atoms with E-state index in [2.05, 4.69) is 30.2 Å². The zero-order valence-electron chi connectivity index (χ0n) is 12.2. The van der Waals surface area contributed by atoms with Crippen LogP contribution in [0.3, 0.4) is 0 Å². The van der Waals surface area contributed by atoms with Gasteiger partial charge in [-0.2, -0.15) is 0 Å². The molecular weight excluding hydrogens is 280 g/mol. The zero-order chi connectivity index (χ0) is 14.8. The summed E-state index contributed by atoms with van der Waals surface area (Å²) in [7, 11) is 0. The largest absolute Gasteiger partial charge is 0.371 e. The van der Waals surface area contributed by atoms with Gasteiger partial charge in [-0.05, 0) is 12.5 Å². The van der Waals surface area contributed by atoms with Crippen LogP contribution < -0.4 is 10.2 Å². The van der Waals surface area contributed by atoms with Crippen molar-refractivity contribution in [1.82, 2.24) is 19.9 Å². The molecule has 2 aliphatic rings. The van der Waals surface area contributed by atoms with Gasteiger partial charge in [0.2, 0.25) is 0 Å². The molecule has 1 N–H and O–H groups in total. The van der Waals surface area contributed by atoms with Gasteiger partial charge in [0.25, 0.3) is 0 Å². The van der Waals surface area contributed by atoms with Crippen molar-refractivity contribution in [1.29, 1.82) is 0 Å². The van der Waals surface area contributed by atoms with E-state index in [1.165, 1.54) is 0 Å². The Balaban J connectivity index is 1.40. The van der Waals surface area contributed by atoms with E-state index in [9.17, 15) is 0 Å². The minimum atomic E-state index is -0.0785. The Morgan fingerprint density at radius 3 is 3.05 bits per heavy atom. The summed E-state index contributed by atoms with van der Waals surface area (Å²) in [5.41, 5.74) is -0.0785. The van der Waals surface area contributed by atoms with Crippen LogP contribution in [0.5, 0.6) is 0 Å². The zero-order valence-corrected chi connectivity index (χ0v) is 12.2. The molecule has 2 aliphatic heterocycles. The van der Waals surface area contributed by atoms with Crippen LogP contribution in [0, 0.1) is 0 Å². The van der Waals surface area contributed by atoms with E-state index >= 15 is 0 Å². The third kappa shape index (κ3) is 2.59. The van der Waals surface area contributed by atoms with Crippen molar-refractivity contribution in [2.45, 2.75) is 24.5 Å². The van der Waals surface area contributed by atoms with Crippen LogP contribution in [0.1, 0.15) is 12.8 Å². The van der Waals surface area contributed by atoms with Crippen LogP contribution in [0.4, 0.5) is 11.6 Å². The first kappa shape index (κ1) is 13.4. The minimum absolute atomic E-state index is 0.0785. The van der Waals surface area contributed by atoms with Gasteiger partial charge in [-0.1, -0.05) is 0 Å². The minimum Gasteiger partial charge on any atom is -0.371 e. The predicted molar refractivity (Wildman–Crippen MR) is 81.6 cm³/mol. The van der Waals surface area contributed by atoms with Crippen molar-refractivity contribution in [3.8, 4) is 0 Å². The maximum atomic E-state index is 6.14. The van der Waals surface area contributed by atoms with Crippen molar-refractivity contribution in [3.05, 3.63) is 37.2 Å². The second-order valence-electron chi connectivity index (χ2n) is 5.87. The molecule has 4 heterocycles. The normalized spacial score (nSPS) is 27.5. The Bertz CT molecular complexity index is 624. The SMILES string of the molecule is c1cc(N2CC[C@]3(C[C@@H](Nc4cnccn4)CO3)C2)ncn1. The highest BCUT2D eigenvalue weighted by Crippen LogP contribution is 2.37. The maximum absolute atomic E-state index is 6.14. The molecule has 114 valence electrons. The second kappa shape index (κ2) is 5.49. The molecule has 0 amide bonds. The maximum Gasteiger partial charge on any atom is 0.144 e. The number of ether oxygens (including phenoxy) is 1. The first-order chi connectivity index (χ1) is 10.8. The quantitative estimate of drug-likeness (QED) is 0.909. The number of nitrogens with zero attached hydrogens (tertiary/aromatic N) is 5. The van der Waals surface area contributed by atoms with Crippen molar-refractivity contribution in [3.63, 3.8) is 0 Å². The lowest BCUT2D eigenvalue weighted by Gasteiger charge is -2.23. The third-order valence-corrected chi connectivity index (χ3v) is 4.33. The summed E-state index contributed by atoms with van der Waals surface area (Å²) in [6.07, 6.45) is 10.5. The molecule has 7 heteroatoms. The second-order valence-corrected chi connectivity index (χ2v) is 5.87. The molecule has 22 heavy (non-hydrogen) atoms. The monoisotopic (exact) mass is 298 g/mol. The molecule has 0 bridgehead atoms. The Morgan fingerprint density at radius 1 is 1.23 bits per heavy atom. The number of hydrogen-bond acceptors (Lipinski definition) is 7. The first-order valence-corrected chi connectivity index (χ1v) is 7.51. The Hall–Kier alpha value is -2.28. The van der Waals surface area contributed by atoms with Crippen molar-refractivity contribution >= 4 is 11.6 Å². The Morgan fingerprint density at radius 2 is 2.23 bits per heavy atom. The molecular formula is C15H18N6O. The molecule has 2 saturated heterocycles. The molecule has 4 rings (SSSR count). The van der Waals surface area contributed by atoms with Crippen molar-refractivity contribution < 1.29 is 4.74 Å². The van der Waals surface area contributed by atoms with Crippen LogP contribution in [-0.2, 0) is 4.74 Å².